The molecule has 5 heteroatoms. The number of nitrogens with zero attached hydrogens (tertiary/aromatic N) is 1. The highest BCUT2D eigenvalue weighted by atomic mass is 19.4. The van der Waals surface area contributed by atoms with Crippen molar-refractivity contribution in [3.8, 4) is 0 Å². The average molecular weight is 259 g/mol. The van der Waals surface area contributed by atoms with Gasteiger partial charge >= 0.3 is 6.18 Å². The summed E-state index contributed by atoms with van der Waals surface area (Å²) in [6.45, 7) is 5.15. The van der Waals surface area contributed by atoms with E-state index in [2.05, 4.69) is 0 Å². The van der Waals surface area contributed by atoms with Crippen LogP contribution >= 0.6 is 0 Å². The van der Waals surface area contributed by atoms with Gasteiger partial charge in [-0.25, -0.2) is 0 Å². The number of halogens is 3. The lowest BCUT2D eigenvalue weighted by Crippen LogP contribution is -2.33. The Kier molecular flexibility index (Phi) is 4.04. The van der Waals surface area contributed by atoms with Crippen molar-refractivity contribution in [2.45, 2.75) is 33.0 Å². The SMILES string of the molecule is Cc1cc(C(=O)N(C)C(C)C)cc(C(F)(F)F)c1. The summed E-state index contributed by atoms with van der Waals surface area (Å²) in [5.74, 6) is -0.404. The zero-order valence-electron chi connectivity index (χ0n) is 10.8. The van der Waals surface area contributed by atoms with Crippen molar-refractivity contribution < 1.29 is 18.0 Å². The Morgan fingerprint density at radius 2 is 1.78 bits per heavy atom. The standard InChI is InChI=1S/C13H16F3NO/c1-8(2)17(4)12(18)10-5-9(3)6-11(7-10)13(14,15)16/h5-8H,1-4H3. The Labute approximate surface area is 104 Å². The third-order valence-corrected chi connectivity index (χ3v) is 2.75. The second-order valence-corrected chi connectivity index (χ2v) is 4.60. The number of rotatable bonds is 2. The third kappa shape index (κ3) is 3.24. The number of aryl methyl sites for hydroxylation is 1. The minimum Gasteiger partial charge on any atom is -0.339 e. The summed E-state index contributed by atoms with van der Waals surface area (Å²) in [7, 11) is 1.57. The van der Waals surface area contributed by atoms with Gasteiger partial charge < -0.3 is 4.90 Å². The third-order valence-electron chi connectivity index (χ3n) is 2.75. The summed E-state index contributed by atoms with van der Waals surface area (Å²) in [6.07, 6.45) is -4.43. The van der Waals surface area contributed by atoms with E-state index in [9.17, 15) is 18.0 Å². The summed E-state index contributed by atoms with van der Waals surface area (Å²) >= 11 is 0. The van der Waals surface area contributed by atoms with Crippen LogP contribution in [0.25, 0.3) is 0 Å². The molecule has 0 fully saturated rings. The predicted octanol–water partition coefficient (Wildman–Crippen LogP) is 3.49. The molecule has 0 aliphatic heterocycles. The molecular weight excluding hydrogens is 243 g/mol. The molecule has 0 bridgehead atoms. The molecule has 100 valence electrons. The summed E-state index contributed by atoms with van der Waals surface area (Å²) < 4.78 is 37.9. The number of carbonyl (C=O) groups is 1. The molecule has 0 heterocycles. The molecule has 0 radical (unpaired) electrons. The summed E-state index contributed by atoms with van der Waals surface area (Å²) in [6, 6.07) is 3.34. The first-order valence-electron chi connectivity index (χ1n) is 5.59. The van der Waals surface area contributed by atoms with Gasteiger partial charge in [-0.3, -0.25) is 4.79 Å². The lowest BCUT2D eigenvalue weighted by Gasteiger charge is -2.22. The van der Waals surface area contributed by atoms with Crippen molar-refractivity contribution in [2.75, 3.05) is 7.05 Å². The summed E-state index contributed by atoms with van der Waals surface area (Å²) in [4.78, 5) is 13.4. The Morgan fingerprint density at radius 3 is 2.22 bits per heavy atom. The first kappa shape index (κ1) is 14.5. The predicted molar refractivity (Wildman–Crippen MR) is 63.4 cm³/mol. The van der Waals surface area contributed by atoms with Gasteiger partial charge in [-0.05, 0) is 44.5 Å². The van der Waals surface area contributed by atoms with E-state index in [1.807, 2.05) is 0 Å². The second kappa shape index (κ2) is 5.00. The highest BCUT2D eigenvalue weighted by Crippen LogP contribution is 2.30. The fourth-order valence-corrected chi connectivity index (χ4v) is 1.51. The van der Waals surface area contributed by atoms with E-state index in [4.69, 9.17) is 0 Å². The highest BCUT2D eigenvalue weighted by molar-refractivity contribution is 5.94. The normalized spacial score (nSPS) is 11.8. The fourth-order valence-electron chi connectivity index (χ4n) is 1.51. The van der Waals surface area contributed by atoms with Crippen LogP contribution in [-0.2, 0) is 6.18 Å². The molecule has 1 aromatic carbocycles. The molecule has 0 spiro atoms. The first-order chi connectivity index (χ1) is 8.12. The van der Waals surface area contributed by atoms with E-state index in [0.717, 1.165) is 12.1 Å². The summed E-state index contributed by atoms with van der Waals surface area (Å²) in [5.41, 5.74) is -0.299. The smallest absolute Gasteiger partial charge is 0.339 e. The molecule has 0 aliphatic carbocycles. The zero-order valence-corrected chi connectivity index (χ0v) is 10.8. The van der Waals surface area contributed by atoms with Crippen LogP contribution in [0.4, 0.5) is 13.2 Å². The lowest BCUT2D eigenvalue weighted by atomic mass is 10.0. The van der Waals surface area contributed by atoms with Crippen molar-refractivity contribution in [3.05, 3.63) is 34.9 Å². The molecule has 0 saturated carbocycles. The first-order valence-corrected chi connectivity index (χ1v) is 5.59. The van der Waals surface area contributed by atoms with Crippen LogP contribution in [0, 0.1) is 6.92 Å². The van der Waals surface area contributed by atoms with Crippen molar-refractivity contribution in [1.82, 2.24) is 4.90 Å². The maximum Gasteiger partial charge on any atom is 0.416 e. The lowest BCUT2D eigenvalue weighted by molar-refractivity contribution is -0.137. The van der Waals surface area contributed by atoms with Gasteiger partial charge in [0.1, 0.15) is 0 Å². The van der Waals surface area contributed by atoms with Gasteiger partial charge in [0.2, 0.25) is 0 Å². The highest BCUT2D eigenvalue weighted by Gasteiger charge is 2.31. The van der Waals surface area contributed by atoms with Crippen molar-refractivity contribution in [3.63, 3.8) is 0 Å². The maximum absolute atomic E-state index is 12.6. The van der Waals surface area contributed by atoms with Crippen LogP contribution in [0.1, 0.15) is 35.3 Å². The Hall–Kier alpha value is -1.52. The van der Waals surface area contributed by atoms with E-state index in [1.54, 1.807) is 27.8 Å². The molecule has 1 aromatic rings. The van der Waals surface area contributed by atoms with Crippen LogP contribution in [0.5, 0.6) is 0 Å². The summed E-state index contributed by atoms with van der Waals surface area (Å²) in [5, 5.41) is 0. The van der Waals surface area contributed by atoms with E-state index < -0.39 is 17.6 Å². The topological polar surface area (TPSA) is 20.3 Å². The molecule has 0 atom stereocenters. The van der Waals surface area contributed by atoms with Gasteiger partial charge in [0.15, 0.2) is 0 Å². The van der Waals surface area contributed by atoms with Gasteiger partial charge in [-0.2, -0.15) is 13.2 Å². The monoisotopic (exact) mass is 259 g/mol. The van der Waals surface area contributed by atoms with Crippen LogP contribution in [0.3, 0.4) is 0 Å². The molecule has 0 aliphatic rings. The minimum atomic E-state index is -4.43. The molecule has 0 unspecified atom stereocenters. The minimum absolute atomic E-state index is 0.0626. The number of hydrogen-bond donors (Lipinski definition) is 0. The second-order valence-electron chi connectivity index (χ2n) is 4.60. The Bertz CT molecular complexity index is 452. The van der Waals surface area contributed by atoms with Crippen molar-refractivity contribution in [2.24, 2.45) is 0 Å². The van der Waals surface area contributed by atoms with Crippen LogP contribution in [-0.4, -0.2) is 23.9 Å². The van der Waals surface area contributed by atoms with E-state index in [-0.39, 0.29) is 11.6 Å². The van der Waals surface area contributed by atoms with Gasteiger partial charge in [0.25, 0.3) is 5.91 Å². The van der Waals surface area contributed by atoms with Gasteiger partial charge in [-0.15, -0.1) is 0 Å². The number of carbonyl (C=O) groups excluding carboxylic acids is 1. The molecule has 1 rings (SSSR count). The maximum atomic E-state index is 12.6. The molecule has 0 N–H and O–H groups in total. The largest absolute Gasteiger partial charge is 0.416 e. The van der Waals surface area contributed by atoms with Gasteiger partial charge in [0, 0.05) is 18.7 Å². The number of alkyl halides is 3. The molecule has 0 saturated heterocycles. The van der Waals surface area contributed by atoms with Crippen molar-refractivity contribution >= 4 is 5.91 Å². The Morgan fingerprint density at radius 1 is 1.22 bits per heavy atom. The van der Waals surface area contributed by atoms with E-state index in [0.29, 0.717) is 5.56 Å². The van der Waals surface area contributed by atoms with E-state index >= 15 is 0 Å². The quantitative estimate of drug-likeness (QED) is 0.796. The van der Waals surface area contributed by atoms with Crippen LogP contribution < -0.4 is 0 Å². The number of hydrogen-bond acceptors (Lipinski definition) is 1. The molecule has 18 heavy (non-hydrogen) atoms. The number of benzene rings is 1. The molecule has 2 nitrogen and oxygen atoms in total. The van der Waals surface area contributed by atoms with Crippen LogP contribution in [0.15, 0.2) is 18.2 Å². The molecule has 0 aromatic heterocycles. The average Bonchev–Trinajstić information content (AvgIpc) is 2.24. The van der Waals surface area contributed by atoms with E-state index in [1.165, 1.54) is 11.0 Å². The van der Waals surface area contributed by atoms with Gasteiger partial charge in [-0.1, -0.05) is 0 Å². The van der Waals surface area contributed by atoms with Gasteiger partial charge in [0.05, 0.1) is 5.56 Å². The molecular formula is C13H16F3NO. The Balaban J connectivity index is 3.19. The van der Waals surface area contributed by atoms with Crippen molar-refractivity contribution in [1.29, 1.82) is 0 Å². The molecule has 1 amide bonds. The fraction of sp³-hybridized carbons (Fsp3) is 0.462. The number of amides is 1. The zero-order chi connectivity index (χ0) is 14.1. The van der Waals surface area contributed by atoms with Crippen LogP contribution in [0.2, 0.25) is 0 Å².